The Labute approximate surface area is 159 Å². The van der Waals surface area contributed by atoms with Crippen molar-refractivity contribution in [2.45, 2.75) is 18.1 Å². The van der Waals surface area contributed by atoms with Crippen LogP contribution in [-0.4, -0.2) is 18.5 Å². The molecule has 0 atom stereocenters. The van der Waals surface area contributed by atoms with Crippen molar-refractivity contribution in [3.8, 4) is 0 Å². The van der Waals surface area contributed by atoms with E-state index in [2.05, 4.69) is 9.88 Å². The summed E-state index contributed by atoms with van der Waals surface area (Å²) in [4.78, 5) is 11.1. The Morgan fingerprint density at radius 2 is 2.00 bits per heavy atom. The maximum absolute atomic E-state index is 12.5. The average Bonchev–Trinajstić information content (AvgIpc) is 3.19. The Kier molecular flexibility index (Phi) is 5.10. The molecule has 0 aliphatic rings. The predicted molar refractivity (Wildman–Crippen MR) is 103 cm³/mol. The van der Waals surface area contributed by atoms with E-state index in [0.717, 1.165) is 16.9 Å². The molecule has 3 aromatic rings. The van der Waals surface area contributed by atoms with Gasteiger partial charge < -0.3 is 4.52 Å². The summed E-state index contributed by atoms with van der Waals surface area (Å²) in [5, 5.41) is 14.6. The summed E-state index contributed by atoms with van der Waals surface area (Å²) >= 11 is 1.03. The lowest BCUT2D eigenvalue weighted by molar-refractivity contribution is -0.386. The fraction of sp³-hybridized carbons (Fsp3) is 0.118. The number of aromatic nitrogens is 1. The van der Waals surface area contributed by atoms with Gasteiger partial charge in [0.15, 0.2) is 5.69 Å². The van der Waals surface area contributed by atoms with Crippen LogP contribution in [0.2, 0.25) is 0 Å². The number of thiophene rings is 1. The first-order valence-corrected chi connectivity index (χ1v) is 10.0. The molecule has 8 nitrogen and oxygen atoms in total. The van der Waals surface area contributed by atoms with Crippen molar-refractivity contribution in [1.82, 2.24) is 5.16 Å². The lowest BCUT2D eigenvalue weighted by atomic mass is 10.2. The summed E-state index contributed by atoms with van der Waals surface area (Å²) in [6.45, 7) is 3.35. The van der Waals surface area contributed by atoms with E-state index in [4.69, 9.17) is 4.52 Å². The molecule has 140 valence electrons. The molecule has 1 aromatic carbocycles. The van der Waals surface area contributed by atoms with Crippen LogP contribution in [-0.2, 0) is 10.0 Å². The molecule has 0 aliphatic heterocycles. The smallest absolute Gasteiger partial charge is 0.338 e. The van der Waals surface area contributed by atoms with Gasteiger partial charge in [-0.15, -0.1) is 11.3 Å². The highest BCUT2D eigenvalue weighted by Crippen LogP contribution is 2.28. The second-order valence-electron chi connectivity index (χ2n) is 5.70. The van der Waals surface area contributed by atoms with Crippen molar-refractivity contribution in [1.29, 1.82) is 0 Å². The molecule has 0 aliphatic carbocycles. The van der Waals surface area contributed by atoms with E-state index in [1.807, 2.05) is 13.0 Å². The topological polar surface area (TPSA) is 115 Å². The molecular weight excluding hydrogens is 390 g/mol. The van der Waals surface area contributed by atoms with E-state index in [0.29, 0.717) is 10.6 Å². The molecule has 3 rings (SSSR count). The Hall–Kier alpha value is -2.98. The molecule has 0 amide bonds. The largest absolute Gasteiger partial charge is 0.349 e. The number of nitrogens with zero attached hydrogens (tertiary/aromatic N) is 2. The highest BCUT2D eigenvalue weighted by molar-refractivity contribution is 7.94. The molecule has 0 radical (unpaired) electrons. The van der Waals surface area contributed by atoms with Crippen molar-refractivity contribution in [2.24, 2.45) is 0 Å². The highest BCUT2D eigenvalue weighted by Gasteiger charge is 2.22. The molecule has 2 aromatic heterocycles. The van der Waals surface area contributed by atoms with E-state index < -0.39 is 14.9 Å². The molecule has 0 spiro atoms. The molecule has 0 saturated carbocycles. The van der Waals surface area contributed by atoms with Crippen molar-refractivity contribution in [3.63, 3.8) is 0 Å². The first kappa shape index (κ1) is 18.8. The monoisotopic (exact) mass is 405 g/mol. The lowest BCUT2D eigenvalue weighted by Crippen LogP contribution is -2.11. The van der Waals surface area contributed by atoms with Gasteiger partial charge >= 0.3 is 5.69 Å². The maximum atomic E-state index is 12.5. The molecule has 1 N–H and O–H groups in total. The van der Waals surface area contributed by atoms with Crippen LogP contribution in [0.5, 0.6) is 0 Å². The molecule has 10 heteroatoms. The van der Waals surface area contributed by atoms with Gasteiger partial charge in [-0.3, -0.25) is 14.8 Å². The van der Waals surface area contributed by atoms with Gasteiger partial charge in [-0.25, -0.2) is 8.42 Å². The molecule has 0 saturated heterocycles. The summed E-state index contributed by atoms with van der Waals surface area (Å²) < 4.78 is 32.6. The zero-order valence-corrected chi connectivity index (χ0v) is 16.0. The van der Waals surface area contributed by atoms with Crippen LogP contribution in [0.25, 0.3) is 12.2 Å². The third kappa shape index (κ3) is 4.23. The molecular formula is C17H15N3O5S2. The van der Waals surface area contributed by atoms with Crippen molar-refractivity contribution < 1.29 is 17.9 Å². The number of sulfonamides is 1. The number of aryl methyl sites for hydroxylation is 2. The van der Waals surface area contributed by atoms with Gasteiger partial charge in [0.2, 0.25) is 5.76 Å². The molecule has 2 heterocycles. The van der Waals surface area contributed by atoms with E-state index in [9.17, 15) is 18.5 Å². The minimum Gasteiger partial charge on any atom is -0.349 e. The van der Waals surface area contributed by atoms with Crippen LogP contribution in [0.4, 0.5) is 11.4 Å². The fourth-order valence-electron chi connectivity index (χ4n) is 2.35. The van der Waals surface area contributed by atoms with E-state index in [1.54, 1.807) is 30.3 Å². The standard InChI is InChI=1S/C17H15N3O5S2/c1-11-4-3-5-13(10-11)19-27(23,24)16-9-7-14(26-16)6-8-15-17(20(21)22)12(2)18-25-15/h3-10,19H,1-2H3. The number of hydrogen-bond acceptors (Lipinski definition) is 7. The number of anilines is 1. The number of nitro groups is 1. The van der Waals surface area contributed by atoms with Gasteiger partial charge in [-0.05, 0) is 55.8 Å². The Bertz CT molecular complexity index is 1130. The zero-order chi connectivity index (χ0) is 19.6. The van der Waals surface area contributed by atoms with Gasteiger partial charge in [0, 0.05) is 10.6 Å². The zero-order valence-electron chi connectivity index (χ0n) is 14.4. The van der Waals surface area contributed by atoms with Gasteiger partial charge in [0.1, 0.15) is 4.21 Å². The lowest BCUT2D eigenvalue weighted by Gasteiger charge is -2.06. The summed E-state index contributed by atoms with van der Waals surface area (Å²) in [7, 11) is -3.72. The van der Waals surface area contributed by atoms with Gasteiger partial charge in [0.05, 0.1) is 4.92 Å². The number of nitrogens with one attached hydrogen (secondary N) is 1. The van der Waals surface area contributed by atoms with Crippen LogP contribution < -0.4 is 4.72 Å². The Balaban J connectivity index is 1.81. The number of rotatable bonds is 6. The Morgan fingerprint density at radius 3 is 2.70 bits per heavy atom. The van der Waals surface area contributed by atoms with Crippen LogP contribution in [0.3, 0.4) is 0 Å². The number of hydrogen-bond donors (Lipinski definition) is 1. The molecule has 27 heavy (non-hydrogen) atoms. The van der Waals surface area contributed by atoms with Crippen LogP contribution in [0.1, 0.15) is 21.9 Å². The first-order valence-electron chi connectivity index (χ1n) is 7.74. The average molecular weight is 405 g/mol. The summed E-state index contributed by atoms with van der Waals surface area (Å²) in [6.07, 6.45) is 2.94. The van der Waals surface area contributed by atoms with Crippen molar-refractivity contribution >= 4 is 44.9 Å². The van der Waals surface area contributed by atoms with Crippen LogP contribution in [0.15, 0.2) is 45.1 Å². The second-order valence-corrected chi connectivity index (χ2v) is 8.73. The molecule has 0 unspecified atom stereocenters. The third-order valence-electron chi connectivity index (χ3n) is 3.58. The first-order chi connectivity index (χ1) is 12.8. The minimum atomic E-state index is -3.72. The van der Waals surface area contributed by atoms with Gasteiger partial charge in [-0.1, -0.05) is 17.3 Å². The molecule has 0 bridgehead atoms. The van der Waals surface area contributed by atoms with E-state index in [1.165, 1.54) is 19.1 Å². The summed E-state index contributed by atoms with van der Waals surface area (Å²) in [6, 6.07) is 10.1. The highest BCUT2D eigenvalue weighted by atomic mass is 32.2. The van der Waals surface area contributed by atoms with E-state index in [-0.39, 0.29) is 21.4 Å². The SMILES string of the molecule is Cc1cccc(NS(=O)(=O)c2ccc(C=Cc3onc(C)c3[N+](=O)[O-])s2)c1. The predicted octanol–water partition coefficient (Wildman–Crippen LogP) is 4.23. The van der Waals surface area contributed by atoms with Crippen LogP contribution in [0, 0.1) is 24.0 Å². The van der Waals surface area contributed by atoms with Gasteiger partial charge in [-0.2, -0.15) is 0 Å². The maximum Gasteiger partial charge on any atom is 0.338 e. The second kappa shape index (κ2) is 7.33. The molecule has 0 fully saturated rings. The van der Waals surface area contributed by atoms with Gasteiger partial charge in [0.25, 0.3) is 10.0 Å². The van der Waals surface area contributed by atoms with Crippen molar-refractivity contribution in [3.05, 3.63) is 68.4 Å². The van der Waals surface area contributed by atoms with Crippen molar-refractivity contribution in [2.75, 3.05) is 4.72 Å². The quantitative estimate of drug-likeness (QED) is 0.485. The number of benzene rings is 1. The third-order valence-corrected chi connectivity index (χ3v) is 6.50. The Morgan fingerprint density at radius 1 is 1.22 bits per heavy atom. The fourth-order valence-corrected chi connectivity index (χ4v) is 4.63. The van der Waals surface area contributed by atoms with E-state index >= 15 is 0 Å². The summed E-state index contributed by atoms with van der Waals surface area (Å²) in [5.74, 6) is 0.00759. The van der Waals surface area contributed by atoms with Crippen LogP contribution >= 0.6 is 11.3 Å². The minimum absolute atomic E-state index is 0.00759. The summed E-state index contributed by atoms with van der Waals surface area (Å²) in [5.41, 5.74) is 1.38. The normalized spacial score (nSPS) is 11.8.